The zero-order chi connectivity index (χ0) is 11.3. The molecule has 0 amide bonds. The van der Waals surface area contributed by atoms with Crippen LogP contribution in [0.2, 0.25) is 28.8 Å². The fraction of sp³-hybridized carbons (Fsp3) is 1.00. The molecular weight excluding hydrogens is 308 g/mol. The summed E-state index contributed by atoms with van der Waals surface area (Å²) < 4.78 is 18.4. The minimum atomic E-state index is -2.12. The van der Waals surface area contributed by atoms with Crippen LogP contribution < -0.4 is 0 Å². The Hall–Kier alpha value is 1.24. The maximum atomic E-state index is 9.92. The van der Waals surface area contributed by atoms with Gasteiger partial charge in [0.15, 0.2) is 0 Å². The number of rotatable bonds is 2. The summed E-state index contributed by atoms with van der Waals surface area (Å²) in [6.45, 7) is 0. The zero-order valence-electron chi connectivity index (χ0n) is 9.72. The van der Waals surface area contributed by atoms with Gasteiger partial charge in [0.1, 0.15) is 0 Å². The molecule has 0 heterocycles. The molecule has 0 aliphatic carbocycles. The molecule has 3 nitrogen and oxygen atoms in total. The third kappa shape index (κ3) is 61.0. The molecule has 6 heteroatoms. The van der Waals surface area contributed by atoms with Crippen molar-refractivity contribution >= 4 is 38.0 Å². The molecule has 0 aliphatic heterocycles. The average molecular weight is 330 g/mol. The zero-order valence-corrected chi connectivity index (χ0v) is 14.9. The molecule has 0 bridgehead atoms. The molecule has 0 unspecified atom stereocenters. The Morgan fingerprint density at radius 2 is 1.23 bits per heavy atom. The van der Waals surface area contributed by atoms with E-state index >= 15 is 0 Å². The van der Waals surface area contributed by atoms with Crippen molar-refractivity contribution in [2.75, 3.05) is 14.2 Å². The summed E-state index contributed by atoms with van der Waals surface area (Å²) in [6.07, 6.45) is 0. The summed E-state index contributed by atoms with van der Waals surface area (Å²) in [5, 5.41) is 0. The van der Waals surface area contributed by atoms with Crippen LogP contribution in [0, 0.1) is 0 Å². The molecule has 0 rings (SSSR count). The fourth-order valence-corrected chi connectivity index (χ4v) is 0.250. The van der Waals surface area contributed by atoms with Gasteiger partial charge in [0.25, 0.3) is 0 Å². The Bertz CT molecular complexity index is 93.0. The van der Waals surface area contributed by atoms with Gasteiger partial charge in [-0.15, -0.1) is 0 Å². The van der Waals surface area contributed by atoms with Gasteiger partial charge in [-0.2, -0.15) is 0 Å². The minimum absolute atomic E-state index is 0.333. The number of hydrogen-bond donors (Lipinski definition) is 0. The van der Waals surface area contributed by atoms with Crippen molar-refractivity contribution in [2.45, 2.75) is 28.8 Å². The van der Waals surface area contributed by atoms with Crippen LogP contribution in [0.1, 0.15) is 0 Å². The summed E-state index contributed by atoms with van der Waals surface area (Å²) in [4.78, 5) is 0. The van der Waals surface area contributed by atoms with Crippen LogP contribution in [0.4, 0.5) is 0 Å². The summed E-state index contributed by atoms with van der Waals surface area (Å²) in [6, 6.07) is 0. The van der Waals surface area contributed by atoms with Crippen LogP contribution in [0.15, 0.2) is 0 Å². The quantitative estimate of drug-likeness (QED) is 0.577. The van der Waals surface area contributed by atoms with Gasteiger partial charge in [-0.05, 0) is 0 Å². The van der Waals surface area contributed by atoms with E-state index in [2.05, 4.69) is 37.8 Å². The molecule has 0 aromatic carbocycles. The van der Waals surface area contributed by atoms with Crippen LogP contribution in [-0.2, 0) is 13.6 Å². The second kappa shape index (κ2) is 18.9. The van der Waals surface area contributed by atoms with E-state index in [9.17, 15) is 4.57 Å². The summed E-state index contributed by atoms with van der Waals surface area (Å²) in [5.74, 6) is 11.5. The van der Waals surface area contributed by atoms with Crippen molar-refractivity contribution in [3.05, 3.63) is 0 Å². The van der Waals surface area contributed by atoms with Crippen LogP contribution in [0.25, 0.3) is 0 Å². The van der Waals surface area contributed by atoms with Gasteiger partial charge < -0.3 is 9.05 Å². The molecule has 0 N–H and O–H groups in total. The fourth-order valence-electron chi connectivity index (χ4n) is 0.0833. The first-order valence-electron chi connectivity index (χ1n) is 3.93. The molecular formula is C7H22Ge2O3P. The first-order valence-corrected chi connectivity index (χ1v) is 15.6. The predicted octanol–water partition coefficient (Wildman–Crippen LogP) is 2.83. The van der Waals surface area contributed by atoms with Gasteiger partial charge in [-0.3, -0.25) is 4.57 Å². The van der Waals surface area contributed by atoms with E-state index in [1.54, 1.807) is 0 Å². The maximum absolute atomic E-state index is 9.92. The van der Waals surface area contributed by atoms with Crippen molar-refractivity contribution < 1.29 is 13.6 Å². The molecule has 0 aromatic rings. The monoisotopic (exact) mass is 333 g/mol. The molecule has 0 saturated carbocycles. The molecule has 0 aliphatic rings. The Kier molecular flexibility index (Phi) is 28.7. The van der Waals surface area contributed by atoms with Gasteiger partial charge in [0.05, 0.1) is 0 Å². The molecule has 3 radical (unpaired) electrons. The van der Waals surface area contributed by atoms with Crippen molar-refractivity contribution in [1.82, 2.24) is 0 Å². The topological polar surface area (TPSA) is 35.5 Å². The second-order valence-electron chi connectivity index (χ2n) is 2.66. The Balaban J connectivity index is -0.000000125. The summed E-state index contributed by atoms with van der Waals surface area (Å²) in [7, 11) is 0.558. The normalized spacial score (nSPS) is 8.69. The number of hydrogen-bond acceptors (Lipinski definition) is 3. The predicted molar refractivity (Wildman–Crippen MR) is 63.8 cm³/mol. The van der Waals surface area contributed by atoms with E-state index in [1.807, 2.05) is 0 Å². The van der Waals surface area contributed by atoms with Gasteiger partial charge in [-0.1, -0.05) is 0 Å². The molecule has 81 valence electrons. The third-order valence-electron chi connectivity index (χ3n) is 0.333. The molecule has 0 spiro atoms. The van der Waals surface area contributed by atoms with Gasteiger partial charge in [-0.25, -0.2) is 0 Å². The third-order valence-corrected chi connectivity index (χ3v) is 1.00. The standard InChI is InChI=1S/C3H9Ge.C2H6Ge.C2H7O3P/c1-4(2)3;1-3-2;1-4-6(3)5-2/h1-3H3;1-2H3;6H,1-2H3. The molecule has 0 atom stereocenters. The van der Waals surface area contributed by atoms with E-state index in [-0.39, 0.29) is 14.3 Å². The van der Waals surface area contributed by atoms with E-state index < -0.39 is 8.25 Å². The van der Waals surface area contributed by atoms with Crippen molar-refractivity contribution in [3.8, 4) is 0 Å². The van der Waals surface area contributed by atoms with E-state index in [1.165, 1.54) is 14.2 Å². The van der Waals surface area contributed by atoms with E-state index in [0.717, 1.165) is 0 Å². The van der Waals surface area contributed by atoms with Crippen molar-refractivity contribution in [3.63, 3.8) is 0 Å². The molecule has 0 aromatic heterocycles. The van der Waals surface area contributed by atoms with Crippen molar-refractivity contribution in [2.24, 2.45) is 0 Å². The molecule has 0 saturated heterocycles. The Labute approximate surface area is 94.5 Å². The second-order valence-corrected chi connectivity index (χ2v) is 12.4. The first kappa shape index (κ1) is 19.8. The van der Waals surface area contributed by atoms with E-state index in [0.29, 0.717) is 15.4 Å². The summed E-state index contributed by atoms with van der Waals surface area (Å²) in [5.41, 5.74) is 0. The van der Waals surface area contributed by atoms with Crippen LogP contribution in [0.5, 0.6) is 0 Å². The van der Waals surface area contributed by atoms with E-state index in [4.69, 9.17) is 0 Å². The molecule has 13 heavy (non-hydrogen) atoms. The Morgan fingerprint density at radius 3 is 1.23 bits per heavy atom. The van der Waals surface area contributed by atoms with Crippen LogP contribution >= 0.6 is 8.25 Å². The van der Waals surface area contributed by atoms with Crippen molar-refractivity contribution in [1.29, 1.82) is 0 Å². The molecule has 0 fully saturated rings. The van der Waals surface area contributed by atoms with Gasteiger partial charge in [0.2, 0.25) is 0 Å². The van der Waals surface area contributed by atoms with Gasteiger partial charge >= 0.3 is 66.8 Å². The summed E-state index contributed by atoms with van der Waals surface area (Å²) >= 11 is 0.167. The first-order chi connectivity index (χ1) is 5.95. The SMILES string of the molecule is CO[PH](=O)OC.[CH3][Ge]([CH3])[CH3].[CH3][Ge][CH3]. The Morgan fingerprint density at radius 1 is 1.08 bits per heavy atom. The van der Waals surface area contributed by atoms with Crippen LogP contribution in [-0.4, -0.2) is 44.0 Å². The van der Waals surface area contributed by atoms with Gasteiger partial charge in [0, 0.05) is 14.2 Å². The van der Waals surface area contributed by atoms with Crippen LogP contribution in [0.3, 0.4) is 0 Å². The average Bonchev–Trinajstić information content (AvgIpc) is 2.03.